The molecule has 1 heterocycles. The Kier molecular flexibility index (Phi) is 7.32. The molecule has 23 heavy (non-hydrogen) atoms. The van der Waals surface area contributed by atoms with E-state index in [-0.39, 0.29) is 36.8 Å². The highest BCUT2D eigenvalue weighted by Gasteiger charge is 2.32. The van der Waals surface area contributed by atoms with Gasteiger partial charge in [0, 0.05) is 12.6 Å². The summed E-state index contributed by atoms with van der Waals surface area (Å²) >= 11 is 0. The van der Waals surface area contributed by atoms with Crippen LogP contribution in [0.1, 0.15) is 20.8 Å². The molecule has 0 saturated heterocycles. The van der Waals surface area contributed by atoms with Gasteiger partial charge in [-0.15, -0.1) is 12.4 Å². The van der Waals surface area contributed by atoms with Crippen molar-refractivity contribution in [2.24, 2.45) is 0 Å². The van der Waals surface area contributed by atoms with Crippen LogP contribution in [0.15, 0.2) is 24.3 Å². The molecule has 1 aliphatic rings. The van der Waals surface area contributed by atoms with Gasteiger partial charge in [0.2, 0.25) is 5.91 Å². The standard InChI is InChI=1S/C16H23N3O3.ClH/c1-4-17-11(2)9-18-15(20)10-19-13-7-5-6-8-14(13)22-12(3)16(19)21;/h5-8,11-12,17H,4,9-10H2,1-3H3,(H,18,20);1H/t11-,12?;/m1./s1. The number of nitrogens with one attached hydrogen (secondary N) is 2. The van der Waals surface area contributed by atoms with Gasteiger partial charge in [-0.1, -0.05) is 19.1 Å². The number of benzene rings is 1. The zero-order chi connectivity index (χ0) is 16.1. The molecule has 6 nitrogen and oxygen atoms in total. The number of likely N-dealkylation sites (N-methyl/N-ethyl adjacent to an activating group) is 1. The Hall–Kier alpha value is -1.79. The number of carbonyl (C=O) groups is 2. The summed E-state index contributed by atoms with van der Waals surface area (Å²) in [5, 5.41) is 6.07. The van der Waals surface area contributed by atoms with Gasteiger partial charge in [-0.25, -0.2) is 0 Å². The van der Waals surface area contributed by atoms with Crippen molar-refractivity contribution in [1.29, 1.82) is 0 Å². The number of amides is 2. The maximum Gasteiger partial charge on any atom is 0.268 e. The van der Waals surface area contributed by atoms with Gasteiger partial charge in [-0.2, -0.15) is 0 Å². The second-order valence-electron chi connectivity index (χ2n) is 5.41. The topological polar surface area (TPSA) is 70.7 Å². The van der Waals surface area contributed by atoms with Gasteiger partial charge in [-0.05, 0) is 32.5 Å². The van der Waals surface area contributed by atoms with Crippen LogP contribution in [0.5, 0.6) is 5.75 Å². The van der Waals surface area contributed by atoms with Crippen LogP contribution in [-0.2, 0) is 9.59 Å². The molecule has 2 N–H and O–H groups in total. The molecule has 0 aliphatic carbocycles. The number of para-hydroxylation sites is 2. The molecule has 0 saturated carbocycles. The van der Waals surface area contributed by atoms with Crippen LogP contribution in [0.3, 0.4) is 0 Å². The molecule has 2 rings (SSSR count). The van der Waals surface area contributed by atoms with Gasteiger partial charge >= 0.3 is 0 Å². The maximum atomic E-state index is 12.3. The Bertz CT molecular complexity index is 553. The summed E-state index contributed by atoms with van der Waals surface area (Å²) in [5.74, 6) is 0.249. The summed E-state index contributed by atoms with van der Waals surface area (Å²) in [6, 6.07) is 7.45. The minimum atomic E-state index is -0.580. The zero-order valence-electron chi connectivity index (χ0n) is 13.7. The van der Waals surface area contributed by atoms with Gasteiger partial charge in [0.15, 0.2) is 6.10 Å². The molecule has 128 valence electrons. The van der Waals surface area contributed by atoms with E-state index < -0.39 is 6.10 Å². The van der Waals surface area contributed by atoms with E-state index in [1.165, 1.54) is 4.90 Å². The van der Waals surface area contributed by atoms with E-state index in [0.717, 1.165) is 6.54 Å². The molecule has 1 aromatic carbocycles. The number of hydrogen-bond acceptors (Lipinski definition) is 4. The molecule has 0 spiro atoms. The number of nitrogens with zero attached hydrogens (tertiary/aromatic N) is 1. The molecule has 1 aromatic rings. The number of anilines is 1. The van der Waals surface area contributed by atoms with Crippen LogP contribution < -0.4 is 20.3 Å². The summed E-state index contributed by atoms with van der Waals surface area (Å²) in [6.07, 6.45) is -0.580. The summed E-state index contributed by atoms with van der Waals surface area (Å²) in [6.45, 7) is 7.09. The van der Waals surface area contributed by atoms with Crippen molar-refractivity contribution in [3.63, 3.8) is 0 Å². The first-order valence-electron chi connectivity index (χ1n) is 7.60. The number of fused-ring (bicyclic) bond motifs is 1. The molecule has 0 aromatic heterocycles. The number of carbonyl (C=O) groups excluding carboxylic acids is 2. The van der Waals surface area contributed by atoms with Gasteiger partial charge in [-0.3, -0.25) is 14.5 Å². The van der Waals surface area contributed by atoms with Crippen LogP contribution >= 0.6 is 12.4 Å². The molecule has 0 radical (unpaired) electrons. The minimum absolute atomic E-state index is 0. The summed E-state index contributed by atoms with van der Waals surface area (Å²) < 4.78 is 5.55. The van der Waals surface area contributed by atoms with E-state index in [1.54, 1.807) is 19.1 Å². The molecule has 1 unspecified atom stereocenters. The molecule has 2 atom stereocenters. The second-order valence-corrected chi connectivity index (χ2v) is 5.41. The van der Waals surface area contributed by atoms with E-state index in [1.807, 2.05) is 26.0 Å². The van der Waals surface area contributed by atoms with Crippen molar-refractivity contribution in [1.82, 2.24) is 10.6 Å². The maximum absolute atomic E-state index is 12.3. The lowest BCUT2D eigenvalue weighted by molar-refractivity contribution is -0.128. The third-order valence-corrected chi connectivity index (χ3v) is 3.53. The van der Waals surface area contributed by atoms with Crippen molar-refractivity contribution in [2.75, 3.05) is 24.5 Å². The number of hydrogen-bond donors (Lipinski definition) is 2. The summed E-state index contributed by atoms with van der Waals surface area (Å²) in [5.41, 5.74) is 0.639. The SMILES string of the molecule is CCN[C@H](C)CNC(=O)CN1C(=O)C(C)Oc2ccccc21.Cl. The molecule has 0 bridgehead atoms. The molecule has 0 fully saturated rings. The van der Waals surface area contributed by atoms with Crippen molar-refractivity contribution >= 4 is 29.9 Å². The molecular weight excluding hydrogens is 318 g/mol. The van der Waals surface area contributed by atoms with Crippen molar-refractivity contribution in [3.8, 4) is 5.75 Å². The van der Waals surface area contributed by atoms with Crippen LogP contribution in [0.25, 0.3) is 0 Å². The second kappa shape index (κ2) is 8.74. The fourth-order valence-corrected chi connectivity index (χ4v) is 2.41. The largest absolute Gasteiger partial charge is 0.479 e. The first-order valence-corrected chi connectivity index (χ1v) is 7.60. The normalized spacial score (nSPS) is 17.6. The monoisotopic (exact) mass is 341 g/mol. The Balaban J connectivity index is 0.00000264. The van der Waals surface area contributed by atoms with Crippen molar-refractivity contribution in [2.45, 2.75) is 32.9 Å². The predicted molar refractivity (Wildman–Crippen MR) is 92.3 cm³/mol. The van der Waals surface area contributed by atoms with Crippen LogP contribution in [-0.4, -0.2) is 43.6 Å². The highest BCUT2D eigenvalue weighted by Crippen LogP contribution is 2.33. The summed E-state index contributed by atoms with van der Waals surface area (Å²) in [4.78, 5) is 25.9. The van der Waals surface area contributed by atoms with E-state index in [2.05, 4.69) is 10.6 Å². The van der Waals surface area contributed by atoms with Gasteiger partial charge < -0.3 is 15.4 Å². The Morgan fingerprint density at radius 1 is 1.39 bits per heavy atom. The first-order chi connectivity index (χ1) is 10.5. The lowest BCUT2D eigenvalue weighted by Crippen LogP contribution is -2.50. The van der Waals surface area contributed by atoms with Gasteiger partial charge in [0.05, 0.1) is 5.69 Å². The van der Waals surface area contributed by atoms with E-state index in [4.69, 9.17) is 4.74 Å². The minimum Gasteiger partial charge on any atom is -0.479 e. The van der Waals surface area contributed by atoms with Crippen LogP contribution in [0.2, 0.25) is 0 Å². The number of rotatable bonds is 6. The fraction of sp³-hybridized carbons (Fsp3) is 0.500. The third-order valence-electron chi connectivity index (χ3n) is 3.53. The predicted octanol–water partition coefficient (Wildman–Crippen LogP) is 1.34. The Morgan fingerprint density at radius 2 is 2.09 bits per heavy atom. The average Bonchev–Trinajstić information content (AvgIpc) is 2.50. The summed E-state index contributed by atoms with van der Waals surface area (Å²) in [7, 11) is 0. The smallest absolute Gasteiger partial charge is 0.268 e. The molecule has 7 heteroatoms. The van der Waals surface area contributed by atoms with Crippen molar-refractivity contribution < 1.29 is 14.3 Å². The van der Waals surface area contributed by atoms with Gasteiger partial charge in [0.25, 0.3) is 5.91 Å². The lowest BCUT2D eigenvalue weighted by atomic mass is 10.2. The Morgan fingerprint density at radius 3 is 2.78 bits per heavy atom. The zero-order valence-corrected chi connectivity index (χ0v) is 14.5. The molecular formula is C16H24ClN3O3. The number of ether oxygens (including phenoxy) is 1. The highest BCUT2D eigenvalue weighted by atomic mass is 35.5. The van der Waals surface area contributed by atoms with E-state index in [9.17, 15) is 9.59 Å². The average molecular weight is 342 g/mol. The van der Waals surface area contributed by atoms with Crippen LogP contribution in [0, 0.1) is 0 Å². The van der Waals surface area contributed by atoms with E-state index >= 15 is 0 Å². The molecule has 2 amide bonds. The first kappa shape index (κ1) is 19.3. The van der Waals surface area contributed by atoms with Crippen LogP contribution in [0.4, 0.5) is 5.69 Å². The number of halogens is 1. The third kappa shape index (κ3) is 4.84. The fourth-order valence-electron chi connectivity index (χ4n) is 2.41. The van der Waals surface area contributed by atoms with Crippen molar-refractivity contribution in [3.05, 3.63) is 24.3 Å². The van der Waals surface area contributed by atoms with Gasteiger partial charge in [0.1, 0.15) is 12.3 Å². The highest BCUT2D eigenvalue weighted by molar-refractivity contribution is 6.03. The quantitative estimate of drug-likeness (QED) is 0.819. The Labute approximate surface area is 143 Å². The lowest BCUT2D eigenvalue weighted by Gasteiger charge is -2.32. The van der Waals surface area contributed by atoms with E-state index in [0.29, 0.717) is 18.0 Å². The molecule has 1 aliphatic heterocycles.